The SMILES string of the molecule is CC1CC=CCC1COCc1cc(CN)ccc1F. The van der Waals surface area contributed by atoms with Crippen LogP contribution in [0.4, 0.5) is 4.39 Å². The molecule has 19 heavy (non-hydrogen) atoms. The van der Waals surface area contributed by atoms with Crippen LogP contribution in [0.15, 0.2) is 30.4 Å². The molecule has 0 saturated carbocycles. The lowest BCUT2D eigenvalue weighted by atomic mass is 9.85. The van der Waals surface area contributed by atoms with E-state index in [1.165, 1.54) is 6.07 Å². The third-order valence-electron chi connectivity index (χ3n) is 3.85. The predicted octanol–water partition coefficient (Wildman–Crippen LogP) is 3.40. The summed E-state index contributed by atoms with van der Waals surface area (Å²) in [4.78, 5) is 0. The first kappa shape index (κ1) is 14.2. The zero-order valence-electron chi connectivity index (χ0n) is 11.4. The Morgan fingerprint density at radius 3 is 2.84 bits per heavy atom. The second-order valence-corrected chi connectivity index (χ2v) is 5.33. The van der Waals surface area contributed by atoms with E-state index in [9.17, 15) is 4.39 Å². The van der Waals surface area contributed by atoms with Gasteiger partial charge in [0.25, 0.3) is 0 Å². The van der Waals surface area contributed by atoms with Crippen molar-refractivity contribution in [3.63, 3.8) is 0 Å². The van der Waals surface area contributed by atoms with Crippen LogP contribution in [0.2, 0.25) is 0 Å². The number of hydrogen-bond donors (Lipinski definition) is 1. The maximum absolute atomic E-state index is 13.6. The molecule has 2 nitrogen and oxygen atoms in total. The molecule has 2 unspecified atom stereocenters. The van der Waals surface area contributed by atoms with E-state index < -0.39 is 0 Å². The van der Waals surface area contributed by atoms with Gasteiger partial charge in [-0.15, -0.1) is 0 Å². The van der Waals surface area contributed by atoms with Crippen molar-refractivity contribution >= 4 is 0 Å². The Labute approximate surface area is 114 Å². The van der Waals surface area contributed by atoms with Crippen molar-refractivity contribution in [1.29, 1.82) is 0 Å². The molecule has 1 aromatic rings. The second-order valence-electron chi connectivity index (χ2n) is 5.33. The lowest BCUT2D eigenvalue weighted by Crippen LogP contribution is -2.19. The Morgan fingerprint density at radius 1 is 1.32 bits per heavy atom. The Morgan fingerprint density at radius 2 is 2.11 bits per heavy atom. The molecule has 1 aliphatic rings. The van der Waals surface area contributed by atoms with Crippen molar-refractivity contribution in [2.45, 2.75) is 32.9 Å². The normalized spacial score (nSPS) is 22.7. The van der Waals surface area contributed by atoms with Crippen molar-refractivity contribution in [3.8, 4) is 0 Å². The minimum absolute atomic E-state index is 0.214. The number of rotatable bonds is 5. The number of allylic oxidation sites excluding steroid dienone is 2. The highest BCUT2D eigenvalue weighted by atomic mass is 19.1. The zero-order chi connectivity index (χ0) is 13.7. The van der Waals surface area contributed by atoms with Crippen LogP contribution in [0.5, 0.6) is 0 Å². The molecule has 0 saturated heterocycles. The summed E-state index contributed by atoms with van der Waals surface area (Å²) in [7, 11) is 0. The van der Waals surface area contributed by atoms with Gasteiger partial charge in [0, 0.05) is 12.1 Å². The number of ether oxygens (including phenoxy) is 1. The minimum Gasteiger partial charge on any atom is -0.376 e. The van der Waals surface area contributed by atoms with Crippen LogP contribution in [-0.4, -0.2) is 6.61 Å². The highest BCUT2D eigenvalue weighted by molar-refractivity contribution is 5.24. The smallest absolute Gasteiger partial charge is 0.128 e. The Hall–Kier alpha value is -1.19. The molecule has 0 heterocycles. The molecule has 0 radical (unpaired) electrons. The summed E-state index contributed by atoms with van der Waals surface area (Å²) in [6, 6.07) is 4.97. The highest BCUT2D eigenvalue weighted by Crippen LogP contribution is 2.25. The van der Waals surface area contributed by atoms with Gasteiger partial charge >= 0.3 is 0 Å². The maximum atomic E-state index is 13.6. The van der Waals surface area contributed by atoms with Gasteiger partial charge in [-0.1, -0.05) is 25.1 Å². The molecule has 1 aromatic carbocycles. The second kappa shape index (κ2) is 6.83. The first-order chi connectivity index (χ1) is 9.20. The van der Waals surface area contributed by atoms with Crippen LogP contribution in [0.3, 0.4) is 0 Å². The van der Waals surface area contributed by atoms with E-state index in [1.54, 1.807) is 12.1 Å². The Kier molecular flexibility index (Phi) is 5.11. The van der Waals surface area contributed by atoms with Gasteiger partial charge in [0.15, 0.2) is 0 Å². The van der Waals surface area contributed by atoms with Gasteiger partial charge < -0.3 is 10.5 Å². The maximum Gasteiger partial charge on any atom is 0.128 e. The predicted molar refractivity (Wildman–Crippen MR) is 75.0 cm³/mol. The van der Waals surface area contributed by atoms with Crippen LogP contribution in [-0.2, 0) is 17.9 Å². The number of benzene rings is 1. The lowest BCUT2D eigenvalue weighted by Gasteiger charge is -2.25. The van der Waals surface area contributed by atoms with Crippen molar-refractivity contribution in [3.05, 3.63) is 47.3 Å². The molecule has 3 heteroatoms. The third kappa shape index (κ3) is 3.88. The van der Waals surface area contributed by atoms with Gasteiger partial charge in [0.2, 0.25) is 0 Å². The molecule has 104 valence electrons. The van der Waals surface area contributed by atoms with Crippen LogP contribution in [0.1, 0.15) is 30.9 Å². The van der Waals surface area contributed by atoms with E-state index in [0.29, 0.717) is 37.2 Å². The van der Waals surface area contributed by atoms with Gasteiger partial charge in [0.05, 0.1) is 13.2 Å². The molecule has 1 aliphatic carbocycles. The van der Waals surface area contributed by atoms with Gasteiger partial charge in [0.1, 0.15) is 5.82 Å². The molecule has 0 spiro atoms. The summed E-state index contributed by atoms with van der Waals surface area (Å²) < 4.78 is 19.3. The summed E-state index contributed by atoms with van der Waals surface area (Å²) in [5, 5.41) is 0. The van der Waals surface area contributed by atoms with Crippen molar-refractivity contribution in [2.24, 2.45) is 17.6 Å². The fourth-order valence-corrected chi connectivity index (χ4v) is 2.42. The van der Waals surface area contributed by atoms with E-state index >= 15 is 0 Å². The molecule has 0 fully saturated rings. The monoisotopic (exact) mass is 263 g/mol. The van der Waals surface area contributed by atoms with Gasteiger partial charge in [-0.3, -0.25) is 0 Å². The lowest BCUT2D eigenvalue weighted by molar-refractivity contribution is 0.0664. The molecule has 0 bridgehead atoms. The van der Waals surface area contributed by atoms with E-state index in [4.69, 9.17) is 10.5 Å². The summed E-state index contributed by atoms with van der Waals surface area (Å²) in [6.07, 6.45) is 6.62. The Bertz CT molecular complexity index is 444. The zero-order valence-corrected chi connectivity index (χ0v) is 11.4. The number of halogens is 1. The molecule has 2 N–H and O–H groups in total. The fraction of sp³-hybridized carbons (Fsp3) is 0.500. The fourth-order valence-electron chi connectivity index (χ4n) is 2.42. The quantitative estimate of drug-likeness (QED) is 0.826. The summed E-state index contributed by atoms with van der Waals surface area (Å²) in [5.41, 5.74) is 7.10. The molecule has 2 atom stereocenters. The van der Waals surface area contributed by atoms with Gasteiger partial charge in [-0.25, -0.2) is 4.39 Å². The topological polar surface area (TPSA) is 35.2 Å². The molecule has 0 aliphatic heterocycles. The van der Waals surface area contributed by atoms with Crippen LogP contribution in [0.25, 0.3) is 0 Å². The van der Waals surface area contributed by atoms with Crippen molar-refractivity contribution in [1.82, 2.24) is 0 Å². The van der Waals surface area contributed by atoms with E-state index in [1.807, 2.05) is 0 Å². The highest BCUT2D eigenvalue weighted by Gasteiger charge is 2.18. The molecule has 2 rings (SSSR count). The summed E-state index contributed by atoms with van der Waals surface area (Å²) >= 11 is 0. The van der Waals surface area contributed by atoms with Gasteiger partial charge in [-0.2, -0.15) is 0 Å². The van der Waals surface area contributed by atoms with Crippen LogP contribution < -0.4 is 5.73 Å². The van der Waals surface area contributed by atoms with Crippen molar-refractivity contribution in [2.75, 3.05) is 6.61 Å². The first-order valence-electron chi connectivity index (χ1n) is 6.90. The van der Waals surface area contributed by atoms with Gasteiger partial charge in [-0.05, 0) is 42.4 Å². The third-order valence-corrected chi connectivity index (χ3v) is 3.85. The van der Waals surface area contributed by atoms with Crippen LogP contribution in [0, 0.1) is 17.7 Å². The standard InChI is InChI=1S/C16H22FNO/c1-12-4-2-3-5-14(12)10-19-11-15-8-13(9-18)6-7-16(15)17/h2-3,6-8,12,14H,4-5,9-11,18H2,1H3. The Balaban J connectivity index is 1.87. The van der Waals surface area contributed by atoms with Crippen molar-refractivity contribution < 1.29 is 9.13 Å². The van der Waals surface area contributed by atoms with Crippen LogP contribution >= 0.6 is 0 Å². The van der Waals surface area contributed by atoms with E-state index in [-0.39, 0.29) is 5.82 Å². The summed E-state index contributed by atoms with van der Waals surface area (Å²) in [6.45, 7) is 3.69. The molecule has 0 amide bonds. The summed E-state index contributed by atoms with van der Waals surface area (Å²) in [5.74, 6) is 0.977. The molecular weight excluding hydrogens is 241 g/mol. The molecule has 0 aromatic heterocycles. The average Bonchev–Trinajstić information content (AvgIpc) is 2.43. The average molecular weight is 263 g/mol. The number of hydrogen-bond acceptors (Lipinski definition) is 2. The molecular formula is C16H22FNO. The van der Waals surface area contributed by atoms with E-state index in [0.717, 1.165) is 18.4 Å². The minimum atomic E-state index is -0.214. The number of nitrogens with two attached hydrogens (primary N) is 1. The first-order valence-corrected chi connectivity index (χ1v) is 6.90. The largest absolute Gasteiger partial charge is 0.376 e. The van der Waals surface area contributed by atoms with E-state index in [2.05, 4.69) is 19.1 Å².